The van der Waals surface area contributed by atoms with Crippen LogP contribution in [-0.2, 0) is 14.2 Å². The molecule has 0 amide bonds. The summed E-state index contributed by atoms with van der Waals surface area (Å²) in [5.41, 5.74) is 0.340. The molecule has 0 bridgehead atoms. The molecule has 1 saturated heterocycles. The molecule has 7 heteroatoms. The number of methoxy groups -OCH3 is 3. The van der Waals surface area contributed by atoms with Crippen molar-refractivity contribution in [1.29, 1.82) is 0 Å². The minimum atomic E-state index is -0.827. The number of aromatic hydroxyl groups is 2. The van der Waals surface area contributed by atoms with E-state index in [1.54, 1.807) is 14.0 Å². The van der Waals surface area contributed by atoms with Gasteiger partial charge in [-0.2, -0.15) is 0 Å². The molecule has 4 atom stereocenters. The molecule has 1 fully saturated rings. The Hall–Kier alpha value is -1.83. The maximum atomic E-state index is 12.9. The van der Waals surface area contributed by atoms with Crippen molar-refractivity contribution in [3.63, 3.8) is 0 Å². The van der Waals surface area contributed by atoms with Gasteiger partial charge in [-0.1, -0.05) is 0 Å². The molecule has 7 nitrogen and oxygen atoms in total. The molecule has 24 heavy (non-hydrogen) atoms. The van der Waals surface area contributed by atoms with Crippen molar-refractivity contribution >= 4 is 5.78 Å². The van der Waals surface area contributed by atoms with Crippen LogP contribution in [-0.4, -0.2) is 49.7 Å². The number of carbonyl (C=O) groups excluding carboxylic acids is 1. The second kappa shape index (κ2) is 5.91. The van der Waals surface area contributed by atoms with Gasteiger partial charge >= 0.3 is 0 Å². The van der Waals surface area contributed by atoms with E-state index in [1.165, 1.54) is 20.3 Å². The first-order valence-corrected chi connectivity index (χ1v) is 7.75. The molecule has 3 rings (SSSR count). The van der Waals surface area contributed by atoms with Crippen LogP contribution in [0.2, 0.25) is 0 Å². The maximum absolute atomic E-state index is 12.9. The average Bonchev–Trinajstić information content (AvgIpc) is 2.57. The van der Waals surface area contributed by atoms with Gasteiger partial charge in [-0.25, -0.2) is 0 Å². The number of hydrogen-bond acceptors (Lipinski definition) is 7. The lowest BCUT2D eigenvalue weighted by atomic mass is 9.69. The van der Waals surface area contributed by atoms with Crippen molar-refractivity contribution < 1.29 is 34.0 Å². The Kier molecular flexibility index (Phi) is 4.19. The predicted octanol–water partition coefficient (Wildman–Crippen LogP) is 2.01. The highest BCUT2D eigenvalue weighted by atomic mass is 16.7. The summed E-state index contributed by atoms with van der Waals surface area (Å²) in [6.07, 6.45) is -0.156. The molecule has 2 aliphatic rings. The van der Waals surface area contributed by atoms with Crippen LogP contribution in [0.5, 0.6) is 17.2 Å². The van der Waals surface area contributed by atoms with Crippen LogP contribution in [0.3, 0.4) is 0 Å². The normalized spacial score (nSPS) is 32.2. The number of benzene rings is 1. The summed E-state index contributed by atoms with van der Waals surface area (Å²) in [7, 11) is 4.44. The topological polar surface area (TPSA) is 94.5 Å². The first-order valence-electron chi connectivity index (χ1n) is 7.75. The summed E-state index contributed by atoms with van der Waals surface area (Å²) in [5.74, 6) is -2.13. The Bertz CT molecular complexity index is 671. The zero-order chi connectivity index (χ0) is 17.6. The molecule has 132 valence electrons. The molecule has 0 saturated carbocycles. The van der Waals surface area contributed by atoms with Crippen molar-refractivity contribution in [3.05, 3.63) is 17.2 Å². The maximum Gasteiger partial charge on any atom is 0.172 e. The van der Waals surface area contributed by atoms with Gasteiger partial charge in [-0.15, -0.1) is 0 Å². The Morgan fingerprint density at radius 3 is 2.58 bits per heavy atom. The van der Waals surface area contributed by atoms with Gasteiger partial charge in [-0.3, -0.25) is 4.79 Å². The molecule has 1 aromatic rings. The van der Waals surface area contributed by atoms with Crippen molar-refractivity contribution in [2.45, 2.75) is 25.2 Å². The van der Waals surface area contributed by atoms with Crippen LogP contribution >= 0.6 is 0 Å². The van der Waals surface area contributed by atoms with Gasteiger partial charge in [-0.05, 0) is 6.92 Å². The number of carbonyl (C=O) groups is 1. The molecule has 1 aliphatic carbocycles. The van der Waals surface area contributed by atoms with E-state index in [2.05, 4.69) is 0 Å². The number of phenols is 2. The number of ketones is 1. The van der Waals surface area contributed by atoms with E-state index in [4.69, 9.17) is 18.9 Å². The number of fused-ring (bicyclic) bond motifs is 2. The Balaban J connectivity index is 2.17. The van der Waals surface area contributed by atoms with Crippen molar-refractivity contribution in [1.82, 2.24) is 0 Å². The Morgan fingerprint density at radius 2 is 2.00 bits per heavy atom. The number of phenolic OH excluding ortho intramolecular Hbond substituents is 2. The van der Waals surface area contributed by atoms with Gasteiger partial charge in [0.05, 0.1) is 31.3 Å². The quantitative estimate of drug-likeness (QED) is 0.814. The fraction of sp³-hybridized carbons (Fsp3) is 0.588. The Morgan fingerprint density at radius 1 is 1.29 bits per heavy atom. The van der Waals surface area contributed by atoms with Gasteiger partial charge in [0, 0.05) is 38.2 Å². The lowest BCUT2D eigenvalue weighted by molar-refractivity contribution is -0.258. The smallest absolute Gasteiger partial charge is 0.172 e. The average molecular weight is 338 g/mol. The van der Waals surface area contributed by atoms with Crippen LogP contribution in [0, 0.1) is 11.8 Å². The zero-order valence-corrected chi connectivity index (χ0v) is 14.2. The summed E-state index contributed by atoms with van der Waals surface area (Å²) < 4.78 is 21.8. The lowest BCUT2D eigenvalue weighted by Gasteiger charge is -2.46. The van der Waals surface area contributed by atoms with Gasteiger partial charge < -0.3 is 29.2 Å². The third-order valence-electron chi connectivity index (χ3n) is 5.14. The molecule has 1 aromatic carbocycles. The second-order valence-corrected chi connectivity index (χ2v) is 6.38. The first kappa shape index (κ1) is 17.0. The SMILES string of the molecule is COc1cc(O)c2c(c1O)[C@H](OC)[C@H]1C[C@](C)(OC)OC[C@H]1C2=O. The van der Waals surface area contributed by atoms with Crippen LogP contribution in [0.15, 0.2) is 6.07 Å². The standard InChI is InChI=1S/C17H22O7/c1-17(23-4)6-8-9(7-24-17)14(19)12-10(18)5-11(21-2)15(20)13(12)16(8)22-3/h5,8-9,16,18,20H,6-7H2,1-4H3/t8-,9+,16+,17+/m0/s1. The monoisotopic (exact) mass is 338 g/mol. The van der Waals surface area contributed by atoms with E-state index in [0.29, 0.717) is 6.42 Å². The van der Waals surface area contributed by atoms with Gasteiger partial charge in [0.1, 0.15) is 5.75 Å². The third-order valence-corrected chi connectivity index (χ3v) is 5.14. The molecule has 0 spiro atoms. The summed E-state index contributed by atoms with van der Waals surface area (Å²) in [6, 6.07) is 1.24. The number of ether oxygens (including phenoxy) is 4. The minimum Gasteiger partial charge on any atom is -0.507 e. The highest BCUT2D eigenvalue weighted by Crippen LogP contribution is 2.53. The Labute approximate surface area is 140 Å². The third kappa shape index (κ3) is 2.35. The molecule has 0 aromatic heterocycles. The summed E-state index contributed by atoms with van der Waals surface area (Å²) in [6.45, 7) is 1.97. The lowest BCUT2D eigenvalue weighted by Crippen LogP contribution is -2.50. The van der Waals surface area contributed by atoms with Gasteiger partial charge in [0.2, 0.25) is 0 Å². The van der Waals surface area contributed by atoms with Crippen LogP contribution in [0.4, 0.5) is 0 Å². The highest BCUT2D eigenvalue weighted by molar-refractivity contribution is 6.04. The second-order valence-electron chi connectivity index (χ2n) is 6.38. The molecule has 1 heterocycles. The minimum absolute atomic E-state index is 0.0750. The summed E-state index contributed by atoms with van der Waals surface area (Å²) >= 11 is 0. The van der Waals surface area contributed by atoms with E-state index >= 15 is 0 Å². The molecule has 1 aliphatic heterocycles. The van der Waals surface area contributed by atoms with Crippen molar-refractivity contribution in [2.24, 2.45) is 11.8 Å². The van der Waals surface area contributed by atoms with E-state index in [9.17, 15) is 15.0 Å². The summed E-state index contributed by atoms with van der Waals surface area (Å²) in [4.78, 5) is 12.9. The van der Waals surface area contributed by atoms with E-state index in [1.807, 2.05) is 0 Å². The van der Waals surface area contributed by atoms with Crippen molar-refractivity contribution in [2.75, 3.05) is 27.9 Å². The number of hydrogen-bond donors (Lipinski definition) is 2. The number of Topliss-reactive ketones (excluding diaryl/α,β-unsaturated/α-hetero) is 1. The first-order chi connectivity index (χ1) is 11.4. The fourth-order valence-corrected chi connectivity index (χ4v) is 3.79. The van der Waals surface area contributed by atoms with Gasteiger partial charge in [0.25, 0.3) is 0 Å². The fourth-order valence-electron chi connectivity index (χ4n) is 3.79. The largest absolute Gasteiger partial charge is 0.507 e. The van der Waals surface area contributed by atoms with Crippen molar-refractivity contribution in [3.8, 4) is 17.2 Å². The molecular formula is C17H22O7. The predicted molar refractivity (Wildman–Crippen MR) is 83.4 cm³/mol. The van der Waals surface area contributed by atoms with E-state index in [0.717, 1.165) is 0 Å². The molecule has 2 N–H and O–H groups in total. The van der Waals surface area contributed by atoms with Gasteiger partial charge in [0.15, 0.2) is 23.1 Å². The van der Waals surface area contributed by atoms with Crippen LogP contribution < -0.4 is 4.74 Å². The van der Waals surface area contributed by atoms with Crippen LogP contribution in [0.1, 0.15) is 35.4 Å². The van der Waals surface area contributed by atoms with Crippen LogP contribution in [0.25, 0.3) is 0 Å². The molecular weight excluding hydrogens is 316 g/mol. The highest BCUT2D eigenvalue weighted by Gasteiger charge is 2.51. The van der Waals surface area contributed by atoms with E-state index in [-0.39, 0.29) is 46.7 Å². The zero-order valence-electron chi connectivity index (χ0n) is 14.2. The number of rotatable bonds is 3. The molecule has 0 radical (unpaired) electrons. The van der Waals surface area contributed by atoms with E-state index < -0.39 is 17.8 Å². The summed E-state index contributed by atoms with van der Waals surface area (Å²) in [5, 5.41) is 20.8. The molecule has 0 unspecified atom stereocenters.